The number of phenols is 1. The quantitative estimate of drug-likeness (QED) is 0.702. The molecule has 0 saturated heterocycles. The predicted molar refractivity (Wildman–Crippen MR) is 90.0 cm³/mol. The Kier molecular flexibility index (Phi) is 6.03. The van der Waals surface area contributed by atoms with Crippen molar-refractivity contribution in [2.24, 2.45) is 0 Å². The van der Waals surface area contributed by atoms with Crippen molar-refractivity contribution >= 4 is 46.4 Å². The number of phenolic OH excluding ortho intramolecular Hbond substituents is 1. The predicted octanol–water partition coefficient (Wildman–Crippen LogP) is 5.34. The number of aromatic hydroxyl groups is 1. The number of halogens is 4. The number of nitrogens with one attached hydrogen (secondary N) is 1. The summed E-state index contributed by atoms with van der Waals surface area (Å²) >= 11 is 23.7. The molecule has 0 aromatic heterocycles. The minimum Gasteiger partial charge on any atom is -0.506 e. The van der Waals surface area contributed by atoms with E-state index in [9.17, 15) is 5.11 Å². The molecule has 6 heteroatoms. The molecular weight excluding hydrogens is 352 g/mol. The van der Waals surface area contributed by atoms with E-state index in [-0.39, 0.29) is 10.8 Å². The highest BCUT2D eigenvalue weighted by Gasteiger charge is 2.08. The monoisotopic (exact) mass is 363 g/mol. The summed E-state index contributed by atoms with van der Waals surface area (Å²) in [4.78, 5) is 0. The third-order valence-electron chi connectivity index (χ3n) is 3.01. The smallest absolute Gasteiger partial charge is 0.138 e. The molecule has 2 nitrogen and oxygen atoms in total. The third-order valence-corrected chi connectivity index (χ3v) is 4.10. The van der Waals surface area contributed by atoms with E-state index in [1.165, 1.54) is 6.07 Å². The molecule has 2 N–H and O–H groups in total. The van der Waals surface area contributed by atoms with Crippen LogP contribution in [0.1, 0.15) is 11.1 Å². The van der Waals surface area contributed by atoms with Crippen molar-refractivity contribution in [1.82, 2.24) is 5.32 Å². The van der Waals surface area contributed by atoms with Crippen LogP contribution in [-0.4, -0.2) is 11.7 Å². The van der Waals surface area contributed by atoms with Crippen molar-refractivity contribution in [2.45, 2.75) is 13.0 Å². The van der Waals surface area contributed by atoms with Crippen LogP contribution in [0.25, 0.3) is 0 Å². The molecule has 0 atom stereocenters. The SMILES string of the molecule is Oc1c(Cl)cc(Cl)cc1CNCCc1ccc(Cl)cc1Cl. The number of hydrogen-bond acceptors (Lipinski definition) is 2. The van der Waals surface area contributed by atoms with Crippen LogP contribution in [0.2, 0.25) is 20.1 Å². The molecule has 0 aliphatic heterocycles. The molecule has 0 unspecified atom stereocenters. The number of hydrogen-bond donors (Lipinski definition) is 2. The molecule has 0 heterocycles. The van der Waals surface area contributed by atoms with Crippen LogP contribution in [0.3, 0.4) is 0 Å². The van der Waals surface area contributed by atoms with Crippen LogP contribution in [0.4, 0.5) is 0 Å². The van der Waals surface area contributed by atoms with Crippen LogP contribution < -0.4 is 5.32 Å². The molecule has 0 spiro atoms. The molecule has 0 fully saturated rings. The summed E-state index contributed by atoms with van der Waals surface area (Å²) < 4.78 is 0. The van der Waals surface area contributed by atoms with E-state index in [0.717, 1.165) is 12.0 Å². The Morgan fingerprint density at radius 2 is 1.57 bits per heavy atom. The van der Waals surface area contributed by atoms with Crippen LogP contribution in [0, 0.1) is 0 Å². The molecular formula is C15H13Cl4NO. The number of benzene rings is 2. The molecule has 0 radical (unpaired) electrons. The van der Waals surface area contributed by atoms with E-state index in [1.54, 1.807) is 12.1 Å². The summed E-state index contributed by atoms with van der Waals surface area (Å²) in [5, 5.41) is 15.1. The van der Waals surface area contributed by atoms with Gasteiger partial charge in [-0.3, -0.25) is 0 Å². The molecule has 0 saturated carbocycles. The molecule has 112 valence electrons. The van der Waals surface area contributed by atoms with Crippen LogP contribution in [0.15, 0.2) is 30.3 Å². The summed E-state index contributed by atoms with van der Waals surface area (Å²) in [6, 6.07) is 8.63. The zero-order valence-corrected chi connectivity index (χ0v) is 14.0. The molecule has 21 heavy (non-hydrogen) atoms. The highest BCUT2D eigenvalue weighted by molar-refractivity contribution is 6.36. The Balaban J connectivity index is 1.90. The van der Waals surface area contributed by atoms with Gasteiger partial charge in [0.15, 0.2) is 0 Å². The van der Waals surface area contributed by atoms with Gasteiger partial charge in [0.25, 0.3) is 0 Å². The maximum atomic E-state index is 9.85. The van der Waals surface area contributed by atoms with E-state index >= 15 is 0 Å². The topological polar surface area (TPSA) is 32.3 Å². The van der Waals surface area contributed by atoms with Gasteiger partial charge in [-0.25, -0.2) is 0 Å². The maximum absolute atomic E-state index is 9.85. The van der Waals surface area contributed by atoms with E-state index in [1.807, 2.05) is 12.1 Å². The molecule has 2 aromatic rings. The second kappa shape index (κ2) is 7.57. The fourth-order valence-electron chi connectivity index (χ4n) is 1.92. The normalized spacial score (nSPS) is 10.9. The van der Waals surface area contributed by atoms with E-state index in [2.05, 4.69) is 5.32 Å². The minimum atomic E-state index is 0.0538. The van der Waals surface area contributed by atoms with Crippen molar-refractivity contribution in [3.05, 3.63) is 61.5 Å². The first-order chi connectivity index (χ1) is 9.97. The van der Waals surface area contributed by atoms with Gasteiger partial charge >= 0.3 is 0 Å². The second-order valence-electron chi connectivity index (χ2n) is 4.56. The molecule has 0 amide bonds. The van der Waals surface area contributed by atoms with Crippen molar-refractivity contribution in [2.75, 3.05) is 6.54 Å². The van der Waals surface area contributed by atoms with Gasteiger partial charge in [0, 0.05) is 27.2 Å². The van der Waals surface area contributed by atoms with Crippen LogP contribution in [-0.2, 0) is 13.0 Å². The summed E-state index contributed by atoms with van der Waals surface area (Å²) in [7, 11) is 0. The highest BCUT2D eigenvalue weighted by atomic mass is 35.5. The summed E-state index contributed by atoms with van der Waals surface area (Å²) in [6.45, 7) is 1.17. The van der Waals surface area contributed by atoms with Crippen molar-refractivity contribution in [3.63, 3.8) is 0 Å². The van der Waals surface area contributed by atoms with Gasteiger partial charge in [-0.15, -0.1) is 0 Å². The van der Waals surface area contributed by atoms with E-state index in [4.69, 9.17) is 46.4 Å². The first-order valence-electron chi connectivity index (χ1n) is 6.29. The van der Waals surface area contributed by atoms with Gasteiger partial charge in [0.2, 0.25) is 0 Å². The maximum Gasteiger partial charge on any atom is 0.138 e. The molecule has 0 aliphatic carbocycles. The number of rotatable bonds is 5. The molecule has 0 bridgehead atoms. The molecule has 2 aromatic carbocycles. The Hall–Kier alpha value is -0.640. The average molecular weight is 365 g/mol. The molecule has 2 rings (SSSR count). The van der Waals surface area contributed by atoms with Gasteiger partial charge in [0.1, 0.15) is 5.75 Å². The lowest BCUT2D eigenvalue weighted by Gasteiger charge is -2.09. The van der Waals surface area contributed by atoms with Crippen LogP contribution in [0.5, 0.6) is 5.75 Å². The van der Waals surface area contributed by atoms with E-state index < -0.39 is 0 Å². The molecule has 0 aliphatic rings. The lowest BCUT2D eigenvalue weighted by molar-refractivity contribution is 0.465. The zero-order chi connectivity index (χ0) is 15.4. The van der Waals surface area contributed by atoms with Gasteiger partial charge in [-0.1, -0.05) is 52.5 Å². The average Bonchev–Trinajstić information content (AvgIpc) is 2.41. The first kappa shape index (κ1) is 16.7. The Morgan fingerprint density at radius 1 is 0.857 bits per heavy atom. The van der Waals surface area contributed by atoms with Gasteiger partial charge < -0.3 is 10.4 Å². The van der Waals surface area contributed by atoms with Gasteiger partial charge in [0.05, 0.1) is 5.02 Å². The highest BCUT2D eigenvalue weighted by Crippen LogP contribution is 2.31. The lowest BCUT2D eigenvalue weighted by atomic mass is 10.1. The van der Waals surface area contributed by atoms with Crippen molar-refractivity contribution < 1.29 is 5.11 Å². The first-order valence-corrected chi connectivity index (χ1v) is 7.80. The zero-order valence-electron chi connectivity index (χ0n) is 11.0. The summed E-state index contributed by atoms with van der Waals surface area (Å²) in [5.41, 5.74) is 1.68. The summed E-state index contributed by atoms with van der Waals surface area (Å²) in [5.74, 6) is 0.0538. The fraction of sp³-hybridized carbons (Fsp3) is 0.200. The van der Waals surface area contributed by atoms with Crippen molar-refractivity contribution in [3.8, 4) is 5.75 Å². The second-order valence-corrected chi connectivity index (χ2v) is 6.25. The summed E-state index contributed by atoms with van der Waals surface area (Å²) in [6.07, 6.45) is 0.755. The Bertz CT molecular complexity index is 646. The fourth-order valence-corrected chi connectivity index (χ4v) is 2.96. The van der Waals surface area contributed by atoms with E-state index in [0.29, 0.717) is 33.7 Å². The van der Waals surface area contributed by atoms with Gasteiger partial charge in [-0.2, -0.15) is 0 Å². The minimum absolute atomic E-state index is 0.0538. The third kappa shape index (κ3) is 4.67. The largest absolute Gasteiger partial charge is 0.506 e. The van der Waals surface area contributed by atoms with Crippen LogP contribution >= 0.6 is 46.4 Å². The Morgan fingerprint density at radius 3 is 2.29 bits per heavy atom. The standard InChI is InChI=1S/C15H13Cl4NO/c16-11-2-1-9(13(18)6-11)3-4-20-8-10-5-12(17)7-14(19)15(10)21/h1-2,5-7,20-21H,3-4,8H2. The van der Waals surface area contributed by atoms with Gasteiger partial charge in [-0.05, 0) is 42.8 Å². The Labute approximate surface area is 143 Å². The lowest BCUT2D eigenvalue weighted by Crippen LogP contribution is -2.17. The van der Waals surface area contributed by atoms with Crippen molar-refractivity contribution in [1.29, 1.82) is 0 Å².